The summed E-state index contributed by atoms with van der Waals surface area (Å²) in [5.41, 5.74) is 5.10. The van der Waals surface area contributed by atoms with Gasteiger partial charge in [0.05, 0.1) is 23.3 Å². The predicted molar refractivity (Wildman–Crippen MR) is 98.8 cm³/mol. The molecule has 2 aliphatic rings. The summed E-state index contributed by atoms with van der Waals surface area (Å²) in [6.07, 6.45) is 0.778. The molecule has 25 heavy (non-hydrogen) atoms. The minimum atomic E-state index is -0.416. The number of nitriles is 2. The van der Waals surface area contributed by atoms with Crippen molar-refractivity contribution in [2.75, 3.05) is 0 Å². The Labute approximate surface area is 148 Å². The van der Waals surface area contributed by atoms with E-state index in [2.05, 4.69) is 50.3 Å². The molecule has 0 radical (unpaired) electrons. The molecule has 2 unspecified atom stereocenters. The first-order valence-electron chi connectivity index (χ1n) is 8.48. The van der Waals surface area contributed by atoms with Gasteiger partial charge >= 0.3 is 0 Å². The molecule has 2 bridgehead atoms. The van der Waals surface area contributed by atoms with Crippen molar-refractivity contribution in [2.45, 2.75) is 20.3 Å². The quantitative estimate of drug-likeness (QED) is 0.746. The zero-order valence-corrected chi connectivity index (χ0v) is 14.4. The second kappa shape index (κ2) is 5.20. The smallest absolute Gasteiger partial charge is 0.0967 e. The standard InChI is InChI=1S/C23H18N2/c1-22-15-23(2,19(14-25)18(22)13-24)21(17-11-7-4-8-12-17)20(22)16-9-5-3-6-10-16/h3-12H,15H2,1-2H3. The molecule has 0 amide bonds. The van der Waals surface area contributed by atoms with Crippen LogP contribution in [0.2, 0.25) is 0 Å². The van der Waals surface area contributed by atoms with Gasteiger partial charge in [-0.05, 0) is 28.7 Å². The SMILES string of the molecule is CC12CC(C)(C(C#N)=C1C#N)C(c1ccccc1)=C2c1ccccc1. The first-order chi connectivity index (χ1) is 12.1. The van der Waals surface area contributed by atoms with Crippen LogP contribution < -0.4 is 0 Å². The molecule has 2 aromatic carbocycles. The van der Waals surface area contributed by atoms with Gasteiger partial charge < -0.3 is 0 Å². The minimum absolute atomic E-state index is 0.416. The van der Waals surface area contributed by atoms with Crippen LogP contribution in [0.4, 0.5) is 0 Å². The molecule has 0 fully saturated rings. The van der Waals surface area contributed by atoms with Crippen LogP contribution in [-0.2, 0) is 0 Å². The van der Waals surface area contributed by atoms with Crippen molar-refractivity contribution >= 4 is 11.1 Å². The summed E-state index contributed by atoms with van der Waals surface area (Å²) in [6, 6.07) is 25.3. The Morgan fingerprint density at radius 3 is 1.36 bits per heavy atom. The molecule has 0 N–H and O–H groups in total. The van der Waals surface area contributed by atoms with E-state index in [-0.39, 0.29) is 0 Å². The number of nitrogens with zero attached hydrogens (tertiary/aromatic N) is 2. The molecule has 2 heteroatoms. The third kappa shape index (κ3) is 1.89. The van der Waals surface area contributed by atoms with Gasteiger partial charge in [0.25, 0.3) is 0 Å². The first-order valence-corrected chi connectivity index (χ1v) is 8.48. The van der Waals surface area contributed by atoms with Crippen molar-refractivity contribution in [1.82, 2.24) is 0 Å². The van der Waals surface area contributed by atoms with Gasteiger partial charge in [-0.25, -0.2) is 0 Å². The highest BCUT2D eigenvalue weighted by atomic mass is 14.6. The number of hydrogen-bond acceptors (Lipinski definition) is 2. The lowest BCUT2D eigenvalue weighted by Crippen LogP contribution is -2.18. The fourth-order valence-electron chi connectivity index (χ4n) is 4.91. The Balaban J connectivity index is 2.10. The van der Waals surface area contributed by atoms with Crippen molar-refractivity contribution < 1.29 is 0 Å². The summed E-state index contributed by atoms with van der Waals surface area (Å²) in [5, 5.41) is 19.6. The summed E-state index contributed by atoms with van der Waals surface area (Å²) in [5.74, 6) is 0. The second-order valence-electron chi connectivity index (χ2n) is 7.30. The van der Waals surface area contributed by atoms with E-state index in [1.54, 1.807) is 0 Å². The van der Waals surface area contributed by atoms with Crippen molar-refractivity contribution in [2.24, 2.45) is 10.8 Å². The van der Waals surface area contributed by atoms with Crippen LogP contribution in [0.25, 0.3) is 11.1 Å². The Morgan fingerprint density at radius 1 is 0.680 bits per heavy atom. The van der Waals surface area contributed by atoms with E-state index in [1.807, 2.05) is 36.4 Å². The molecular formula is C23H18N2. The van der Waals surface area contributed by atoms with Gasteiger partial charge in [0.2, 0.25) is 0 Å². The predicted octanol–water partition coefficient (Wildman–Crippen LogP) is 5.37. The lowest BCUT2D eigenvalue weighted by atomic mass is 9.70. The van der Waals surface area contributed by atoms with Crippen LogP contribution in [0, 0.1) is 33.5 Å². The fourth-order valence-corrected chi connectivity index (χ4v) is 4.91. The van der Waals surface area contributed by atoms with Crippen molar-refractivity contribution in [3.63, 3.8) is 0 Å². The normalized spacial score (nSPS) is 27.4. The Bertz CT molecular complexity index is 918. The van der Waals surface area contributed by atoms with Gasteiger partial charge in [0.15, 0.2) is 0 Å². The van der Waals surface area contributed by atoms with Gasteiger partial charge in [0, 0.05) is 10.8 Å². The summed E-state index contributed by atoms with van der Waals surface area (Å²) in [6.45, 7) is 4.23. The van der Waals surface area contributed by atoms with Crippen molar-refractivity contribution in [3.05, 3.63) is 82.9 Å². The third-order valence-corrected chi connectivity index (χ3v) is 5.76. The molecule has 0 aliphatic heterocycles. The molecule has 0 aromatic heterocycles. The Morgan fingerprint density at radius 2 is 1.04 bits per heavy atom. The molecule has 0 saturated carbocycles. The van der Waals surface area contributed by atoms with E-state index < -0.39 is 10.8 Å². The Hall–Kier alpha value is -3.10. The average molecular weight is 322 g/mol. The zero-order valence-electron chi connectivity index (χ0n) is 14.4. The Kier molecular flexibility index (Phi) is 3.21. The maximum absolute atomic E-state index is 9.81. The number of benzene rings is 2. The van der Waals surface area contributed by atoms with Crippen molar-refractivity contribution in [3.8, 4) is 12.1 Å². The van der Waals surface area contributed by atoms with Gasteiger partial charge in [-0.2, -0.15) is 10.5 Å². The highest BCUT2D eigenvalue weighted by molar-refractivity contribution is 6.04. The molecule has 4 rings (SSSR count). The molecule has 0 saturated heterocycles. The largest absolute Gasteiger partial charge is 0.193 e. The fraction of sp³-hybridized carbons (Fsp3) is 0.217. The van der Waals surface area contributed by atoms with E-state index in [4.69, 9.17) is 0 Å². The van der Waals surface area contributed by atoms with Crippen LogP contribution in [-0.4, -0.2) is 0 Å². The lowest BCUT2D eigenvalue weighted by molar-refractivity contribution is 0.447. The molecule has 2 aliphatic carbocycles. The maximum Gasteiger partial charge on any atom is 0.0967 e. The molecule has 0 spiro atoms. The third-order valence-electron chi connectivity index (χ3n) is 5.76. The van der Waals surface area contributed by atoms with E-state index >= 15 is 0 Å². The summed E-state index contributed by atoms with van der Waals surface area (Å²) >= 11 is 0. The van der Waals surface area contributed by atoms with Gasteiger partial charge in [-0.3, -0.25) is 0 Å². The van der Waals surface area contributed by atoms with Crippen LogP contribution >= 0.6 is 0 Å². The van der Waals surface area contributed by atoms with Gasteiger partial charge in [-0.1, -0.05) is 74.5 Å². The van der Waals surface area contributed by atoms with Crippen LogP contribution in [0.3, 0.4) is 0 Å². The minimum Gasteiger partial charge on any atom is -0.193 e. The van der Waals surface area contributed by atoms with E-state index in [0.717, 1.165) is 17.5 Å². The monoisotopic (exact) mass is 322 g/mol. The summed E-state index contributed by atoms with van der Waals surface area (Å²) in [4.78, 5) is 0. The lowest BCUT2D eigenvalue weighted by Gasteiger charge is -2.31. The van der Waals surface area contributed by atoms with Crippen LogP contribution in [0.15, 0.2) is 71.8 Å². The van der Waals surface area contributed by atoms with Crippen LogP contribution in [0.1, 0.15) is 31.4 Å². The average Bonchev–Trinajstić information content (AvgIpc) is 3.02. The molecule has 2 aromatic rings. The first kappa shape index (κ1) is 15.4. The topological polar surface area (TPSA) is 47.6 Å². The number of fused-ring (bicyclic) bond motifs is 2. The molecule has 0 heterocycles. The molecule has 120 valence electrons. The summed E-state index contributed by atoms with van der Waals surface area (Å²) < 4.78 is 0. The van der Waals surface area contributed by atoms with Crippen LogP contribution in [0.5, 0.6) is 0 Å². The zero-order chi connectivity index (χ0) is 17.7. The number of rotatable bonds is 2. The molecule has 2 nitrogen and oxygen atoms in total. The van der Waals surface area contributed by atoms with E-state index in [9.17, 15) is 10.5 Å². The number of hydrogen-bond donors (Lipinski definition) is 0. The number of allylic oxidation sites excluding steroid dienone is 4. The second-order valence-corrected chi connectivity index (χ2v) is 7.30. The highest BCUT2D eigenvalue weighted by Crippen LogP contribution is 2.70. The van der Waals surface area contributed by atoms with E-state index in [1.165, 1.54) is 11.1 Å². The molecular weight excluding hydrogens is 304 g/mol. The van der Waals surface area contributed by atoms with Crippen molar-refractivity contribution in [1.29, 1.82) is 10.5 Å². The van der Waals surface area contributed by atoms with E-state index in [0.29, 0.717) is 11.1 Å². The summed E-state index contributed by atoms with van der Waals surface area (Å²) in [7, 11) is 0. The highest BCUT2D eigenvalue weighted by Gasteiger charge is 2.60. The molecule has 2 atom stereocenters. The van der Waals surface area contributed by atoms with Gasteiger partial charge in [0.1, 0.15) is 0 Å². The maximum atomic E-state index is 9.81. The van der Waals surface area contributed by atoms with Gasteiger partial charge in [-0.15, -0.1) is 0 Å².